The number of anilines is 1. The monoisotopic (exact) mass is 309 g/mol. The number of halogens is 1. The summed E-state index contributed by atoms with van der Waals surface area (Å²) < 4.78 is 0. The summed E-state index contributed by atoms with van der Waals surface area (Å²) in [5.74, 6) is -0.368. The Morgan fingerprint density at radius 3 is 3.15 bits per heavy atom. The first-order valence-electron chi connectivity index (χ1n) is 6.12. The van der Waals surface area contributed by atoms with Crippen LogP contribution in [-0.2, 0) is 13.0 Å². The summed E-state index contributed by atoms with van der Waals surface area (Å²) in [6, 6.07) is 4.27. The molecule has 1 aliphatic rings. The van der Waals surface area contributed by atoms with Gasteiger partial charge in [-0.15, -0.1) is 11.3 Å². The van der Waals surface area contributed by atoms with E-state index in [9.17, 15) is 9.90 Å². The number of carbonyl (C=O) groups excluding carboxylic acids is 1. The van der Waals surface area contributed by atoms with Crippen LogP contribution in [0.25, 0.3) is 0 Å². The van der Waals surface area contributed by atoms with Gasteiger partial charge in [-0.2, -0.15) is 0 Å². The molecule has 0 fully saturated rings. The highest BCUT2D eigenvalue weighted by Gasteiger charge is 2.17. The molecule has 1 aromatic heterocycles. The SMILES string of the molecule is O=C(Nc1nc2c(s1)CNCC2)c1cc(O)ccc1Cl. The van der Waals surface area contributed by atoms with E-state index in [1.54, 1.807) is 0 Å². The van der Waals surface area contributed by atoms with Crippen molar-refractivity contribution >= 4 is 34.0 Å². The molecule has 0 radical (unpaired) electrons. The van der Waals surface area contributed by atoms with Gasteiger partial charge in [0, 0.05) is 24.4 Å². The highest BCUT2D eigenvalue weighted by molar-refractivity contribution is 7.15. The van der Waals surface area contributed by atoms with Crippen LogP contribution in [0, 0.1) is 0 Å². The summed E-state index contributed by atoms with van der Waals surface area (Å²) in [5.41, 5.74) is 1.27. The quantitative estimate of drug-likeness (QED) is 0.796. The van der Waals surface area contributed by atoms with E-state index in [4.69, 9.17) is 11.6 Å². The van der Waals surface area contributed by atoms with E-state index in [2.05, 4.69) is 15.6 Å². The lowest BCUT2D eigenvalue weighted by atomic mass is 10.2. The van der Waals surface area contributed by atoms with Crippen molar-refractivity contribution in [2.45, 2.75) is 13.0 Å². The summed E-state index contributed by atoms with van der Waals surface area (Å²) in [6.45, 7) is 1.69. The largest absolute Gasteiger partial charge is 0.508 e. The third-order valence-corrected chi connectivity index (χ3v) is 4.36. The molecule has 1 aromatic carbocycles. The standard InChI is InChI=1S/C13H12ClN3O2S/c14-9-2-1-7(18)5-8(9)12(19)17-13-16-10-3-4-15-6-11(10)20-13/h1-2,5,15,18H,3-4,6H2,(H,16,17,19). The van der Waals surface area contributed by atoms with Gasteiger partial charge in [0.15, 0.2) is 5.13 Å². The molecule has 7 heteroatoms. The van der Waals surface area contributed by atoms with Crippen LogP contribution in [0.15, 0.2) is 18.2 Å². The maximum absolute atomic E-state index is 12.1. The summed E-state index contributed by atoms with van der Waals surface area (Å²) in [6.07, 6.45) is 0.870. The predicted molar refractivity (Wildman–Crippen MR) is 78.6 cm³/mol. The molecule has 0 saturated heterocycles. The fraction of sp³-hybridized carbons (Fsp3) is 0.231. The van der Waals surface area contributed by atoms with Crippen LogP contribution in [0.2, 0.25) is 5.02 Å². The number of carbonyl (C=O) groups is 1. The number of aromatic hydroxyl groups is 1. The van der Waals surface area contributed by atoms with Gasteiger partial charge in [0.05, 0.1) is 16.3 Å². The van der Waals surface area contributed by atoms with Crippen molar-refractivity contribution in [3.05, 3.63) is 39.4 Å². The third-order valence-electron chi connectivity index (χ3n) is 3.02. The van der Waals surface area contributed by atoms with E-state index in [0.29, 0.717) is 10.2 Å². The maximum atomic E-state index is 12.1. The summed E-state index contributed by atoms with van der Waals surface area (Å²) >= 11 is 7.42. The van der Waals surface area contributed by atoms with Crippen LogP contribution < -0.4 is 10.6 Å². The van der Waals surface area contributed by atoms with Gasteiger partial charge in [0.25, 0.3) is 5.91 Å². The van der Waals surface area contributed by atoms with E-state index in [1.165, 1.54) is 29.5 Å². The number of phenolic OH excluding ortho intramolecular Hbond substituents is 1. The van der Waals surface area contributed by atoms with Crippen molar-refractivity contribution in [1.29, 1.82) is 0 Å². The molecule has 3 rings (SSSR count). The van der Waals surface area contributed by atoms with E-state index < -0.39 is 0 Å². The lowest BCUT2D eigenvalue weighted by Gasteiger charge is -2.09. The Bertz CT molecular complexity index is 648. The molecule has 0 aliphatic carbocycles. The molecular weight excluding hydrogens is 298 g/mol. The van der Waals surface area contributed by atoms with Crippen LogP contribution in [0.3, 0.4) is 0 Å². The Morgan fingerprint density at radius 1 is 1.50 bits per heavy atom. The summed E-state index contributed by atoms with van der Waals surface area (Å²) in [5, 5.41) is 16.3. The average molecular weight is 310 g/mol. The molecule has 20 heavy (non-hydrogen) atoms. The molecule has 0 spiro atoms. The Kier molecular flexibility index (Phi) is 3.60. The van der Waals surface area contributed by atoms with Gasteiger partial charge in [0.1, 0.15) is 5.75 Å². The van der Waals surface area contributed by atoms with Gasteiger partial charge in [-0.1, -0.05) is 11.6 Å². The highest BCUT2D eigenvalue weighted by atomic mass is 35.5. The first-order valence-corrected chi connectivity index (χ1v) is 7.32. The molecule has 0 saturated carbocycles. The number of hydrogen-bond donors (Lipinski definition) is 3. The van der Waals surface area contributed by atoms with Gasteiger partial charge in [0.2, 0.25) is 0 Å². The zero-order valence-corrected chi connectivity index (χ0v) is 12.0. The molecular formula is C13H12ClN3O2S. The normalized spacial score (nSPS) is 13.8. The van der Waals surface area contributed by atoms with Crippen molar-refractivity contribution in [3.63, 3.8) is 0 Å². The van der Waals surface area contributed by atoms with Crippen molar-refractivity contribution < 1.29 is 9.90 Å². The molecule has 104 valence electrons. The zero-order chi connectivity index (χ0) is 14.1. The van der Waals surface area contributed by atoms with Crippen LogP contribution in [0.5, 0.6) is 5.75 Å². The summed E-state index contributed by atoms with van der Waals surface area (Å²) in [7, 11) is 0. The van der Waals surface area contributed by atoms with E-state index in [0.717, 1.165) is 30.1 Å². The molecule has 0 atom stereocenters. The third kappa shape index (κ3) is 2.63. The van der Waals surface area contributed by atoms with Gasteiger partial charge in [-0.3, -0.25) is 10.1 Å². The number of nitrogens with zero attached hydrogens (tertiary/aromatic N) is 1. The van der Waals surface area contributed by atoms with Gasteiger partial charge in [-0.05, 0) is 18.2 Å². The van der Waals surface area contributed by atoms with Crippen LogP contribution in [0.4, 0.5) is 5.13 Å². The Hall–Kier alpha value is -1.63. The number of fused-ring (bicyclic) bond motifs is 1. The molecule has 3 N–H and O–H groups in total. The molecule has 1 amide bonds. The maximum Gasteiger partial charge on any atom is 0.259 e. The molecule has 2 heterocycles. The first-order chi connectivity index (χ1) is 9.63. The summed E-state index contributed by atoms with van der Waals surface area (Å²) in [4.78, 5) is 17.7. The smallest absolute Gasteiger partial charge is 0.259 e. The average Bonchev–Trinajstić information content (AvgIpc) is 2.83. The number of aromatic nitrogens is 1. The number of benzene rings is 1. The van der Waals surface area contributed by atoms with E-state index in [-0.39, 0.29) is 17.2 Å². The number of phenols is 1. The second kappa shape index (κ2) is 5.40. The minimum absolute atomic E-state index is 0.00202. The number of hydrogen-bond acceptors (Lipinski definition) is 5. The lowest BCUT2D eigenvalue weighted by Crippen LogP contribution is -2.22. The molecule has 0 unspecified atom stereocenters. The topological polar surface area (TPSA) is 74.2 Å². The Morgan fingerprint density at radius 2 is 2.35 bits per heavy atom. The van der Waals surface area contributed by atoms with Crippen LogP contribution in [-0.4, -0.2) is 22.5 Å². The van der Waals surface area contributed by atoms with Gasteiger partial charge < -0.3 is 10.4 Å². The van der Waals surface area contributed by atoms with Crippen molar-refractivity contribution in [1.82, 2.24) is 10.3 Å². The second-order valence-corrected chi connectivity index (χ2v) is 5.92. The lowest BCUT2D eigenvalue weighted by molar-refractivity contribution is 0.102. The highest BCUT2D eigenvalue weighted by Crippen LogP contribution is 2.27. The second-order valence-electron chi connectivity index (χ2n) is 4.43. The Balaban J connectivity index is 1.82. The number of nitrogens with one attached hydrogen (secondary N) is 2. The number of rotatable bonds is 2. The van der Waals surface area contributed by atoms with Gasteiger partial charge >= 0.3 is 0 Å². The zero-order valence-electron chi connectivity index (χ0n) is 10.4. The van der Waals surface area contributed by atoms with Crippen molar-refractivity contribution in [3.8, 4) is 5.75 Å². The first kappa shape index (κ1) is 13.4. The number of thiazole rings is 1. The molecule has 1 aliphatic heterocycles. The van der Waals surface area contributed by atoms with Crippen LogP contribution >= 0.6 is 22.9 Å². The molecule has 0 bridgehead atoms. The fourth-order valence-electron chi connectivity index (χ4n) is 2.03. The minimum atomic E-state index is -0.370. The Labute approximate surface area is 124 Å². The van der Waals surface area contributed by atoms with Crippen LogP contribution in [0.1, 0.15) is 20.9 Å². The van der Waals surface area contributed by atoms with Crippen molar-refractivity contribution in [2.24, 2.45) is 0 Å². The minimum Gasteiger partial charge on any atom is -0.508 e. The predicted octanol–water partition coefficient (Wildman–Crippen LogP) is 2.40. The van der Waals surface area contributed by atoms with Gasteiger partial charge in [-0.25, -0.2) is 4.98 Å². The number of amides is 1. The molecule has 2 aromatic rings. The molecule has 5 nitrogen and oxygen atoms in total. The van der Waals surface area contributed by atoms with E-state index >= 15 is 0 Å². The van der Waals surface area contributed by atoms with Crippen molar-refractivity contribution in [2.75, 3.05) is 11.9 Å². The van der Waals surface area contributed by atoms with E-state index in [1.807, 2.05) is 0 Å². The fourth-order valence-corrected chi connectivity index (χ4v) is 3.21.